The van der Waals surface area contributed by atoms with Crippen LogP contribution in [0.25, 0.3) is 22.0 Å². The summed E-state index contributed by atoms with van der Waals surface area (Å²) >= 11 is 0. The minimum atomic E-state index is -4.73. The fourth-order valence-corrected chi connectivity index (χ4v) is 2.46. The molecular weight excluding hydrogens is 369 g/mol. The summed E-state index contributed by atoms with van der Waals surface area (Å²) in [7, 11) is -1.90. The van der Waals surface area contributed by atoms with Crippen LogP contribution >= 0.6 is 0 Å². The first kappa shape index (κ1) is 18.9. The molecule has 3 aromatic rings. The summed E-state index contributed by atoms with van der Waals surface area (Å²) in [5, 5.41) is 26.8. The number of anilines is 1. The van der Waals surface area contributed by atoms with Crippen molar-refractivity contribution in [3.05, 3.63) is 42.6 Å². The third kappa shape index (κ3) is 3.78. The second-order valence-corrected chi connectivity index (χ2v) is 5.63. The second kappa shape index (κ2) is 7.01. The number of nitrogens with zero attached hydrogens (tertiary/aromatic N) is 2. The summed E-state index contributed by atoms with van der Waals surface area (Å²) in [5.74, 6) is -0.569. The third-order valence-corrected chi connectivity index (χ3v) is 3.78. The molecule has 0 atom stereocenters. The van der Waals surface area contributed by atoms with Crippen LogP contribution in [0, 0.1) is 0 Å². The molecule has 1 aromatic heterocycles. The summed E-state index contributed by atoms with van der Waals surface area (Å²) in [6, 6.07) is 7.64. The van der Waals surface area contributed by atoms with Crippen LogP contribution in [0.1, 0.15) is 0 Å². The molecule has 0 aliphatic carbocycles. The maximum absolute atomic E-state index is 13.4. The highest BCUT2D eigenvalue weighted by Gasteiger charge is 2.44. The zero-order chi connectivity index (χ0) is 19.8. The lowest BCUT2D eigenvalue weighted by Crippen LogP contribution is -2.34. The van der Waals surface area contributed by atoms with E-state index >= 15 is 0 Å². The van der Waals surface area contributed by atoms with Gasteiger partial charge in [-0.3, -0.25) is 0 Å². The first-order valence-electron chi connectivity index (χ1n) is 7.55. The molecule has 0 radical (unpaired) electrons. The van der Waals surface area contributed by atoms with Crippen LogP contribution in [0.2, 0.25) is 0 Å². The van der Waals surface area contributed by atoms with Crippen LogP contribution in [0.4, 0.5) is 23.2 Å². The molecule has 0 aliphatic rings. The normalized spacial score (nSPS) is 11.8. The molecule has 2 aromatic carbocycles. The Labute approximate surface area is 150 Å². The van der Waals surface area contributed by atoms with Gasteiger partial charge in [-0.2, -0.15) is 27.8 Å². The highest BCUT2D eigenvalue weighted by molar-refractivity contribution is 6.58. The van der Waals surface area contributed by atoms with Crippen LogP contribution in [-0.2, 0) is 0 Å². The monoisotopic (exact) mass is 381 g/mol. The van der Waals surface area contributed by atoms with E-state index in [4.69, 9.17) is 5.73 Å². The van der Waals surface area contributed by atoms with Gasteiger partial charge >= 0.3 is 19.7 Å². The van der Waals surface area contributed by atoms with Crippen molar-refractivity contribution in [1.29, 1.82) is 0 Å². The molecule has 1 heterocycles. The Morgan fingerprint density at radius 1 is 1.11 bits per heavy atom. The summed E-state index contributed by atoms with van der Waals surface area (Å²) in [4.78, 5) is 0. The maximum Gasteiger partial charge on any atom is 0.488 e. The zero-order valence-corrected chi connectivity index (χ0v) is 13.5. The predicted molar refractivity (Wildman–Crippen MR) is 90.8 cm³/mol. The minimum absolute atomic E-state index is 0.0449. The average molecular weight is 381 g/mol. The Hall–Kier alpha value is -2.92. The van der Waals surface area contributed by atoms with E-state index in [0.29, 0.717) is 16.6 Å². The summed E-state index contributed by atoms with van der Waals surface area (Å²) in [6.45, 7) is 0. The number of alkyl halides is 4. The van der Waals surface area contributed by atoms with Crippen molar-refractivity contribution in [2.75, 3.05) is 5.73 Å². The highest BCUT2D eigenvalue weighted by Crippen LogP contribution is 2.36. The van der Waals surface area contributed by atoms with E-state index in [9.17, 15) is 27.6 Å². The molecule has 140 valence electrons. The van der Waals surface area contributed by atoms with Gasteiger partial charge in [0.2, 0.25) is 0 Å². The topological polar surface area (TPSA) is 101 Å². The van der Waals surface area contributed by atoms with E-state index in [0.717, 1.165) is 18.2 Å². The fraction of sp³-hybridized carbons (Fsp3) is 0.125. The molecule has 4 N–H and O–H groups in total. The Kier molecular flexibility index (Phi) is 4.90. The van der Waals surface area contributed by atoms with Gasteiger partial charge in [0.05, 0.1) is 17.4 Å². The number of rotatable bonds is 5. The molecule has 0 fully saturated rings. The molecule has 6 nitrogen and oxygen atoms in total. The van der Waals surface area contributed by atoms with E-state index in [1.54, 1.807) is 6.07 Å². The molecule has 0 aliphatic heterocycles. The van der Waals surface area contributed by atoms with Crippen LogP contribution in [0.5, 0.6) is 5.75 Å². The molecule has 3 rings (SSSR count). The van der Waals surface area contributed by atoms with Gasteiger partial charge in [0.15, 0.2) is 0 Å². The smallest absolute Gasteiger partial charge is 0.428 e. The third-order valence-electron chi connectivity index (χ3n) is 3.78. The van der Waals surface area contributed by atoms with Gasteiger partial charge in [0, 0.05) is 10.9 Å². The van der Waals surface area contributed by atoms with E-state index < -0.39 is 25.4 Å². The Bertz CT molecular complexity index is 988. The number of hydrogen-bond donors (Lipinski definition) is 3. The Morgan fingerprint density at radius 2 is 1.85 bits per heavy atom. The van der Waals surface area contributed by atoms with Crippen LogP contribution in [0.3, 0.4) is 0 Å². The van der Waals surface area contributed by atoms with Crippen LogP contribution < -0.4 is 15.9 Å². The molecule has 0 unspecified atom stereocenters. The van der Waals surface area contributed by atoms with Gasteiger partial charge < -0.3 is 20.5 Å². The quantitative estimate of drug-likeness (QED) is 0.460. The molecule has 0 saturated heterocycles. The highest BCUT2D eigenvalue weighted by atomic mass is 19.3. The number of aromatic nitrogens is 2. The van der Waals surface area contributed by atoms with E-state index in [2.05, 4.69) is 14.9 Å². The molecule has 0 saturated carbocycles. The van der Waals surface area contributed by atoms with Crippen molar-refractivity contribution < 1.29 is 32.3 Å². The number of benzene rings is 2. The van der Waals surface area contributed by atoms with E-state index in [-0.39, 0.29) is 16.6 Å². The maximum atomic E-state index is 13.4. The van der Waals surface area contributed by atoms with Gasteiger partial charge in [0.25, 0.3) is 0 Å². The summed E-state index contributed by atoms with van der Waals surface area (Å²) in [6.07, 6.45) is -7.44. The number of nitrogen functional groups attached to an aromatic ring is 1. The van der Waals surface area contributed by atoms with Crippen molar-refractivity contribution >= 4 is 29.2 Å². The lowest BCUT2D eigenvalue weighted by molar-refractivity contribution is -0.253. The minimum Gasteiger partial charge on any atom is -0.428 e. The van der Waals surface area contributed by atoms with E-state index in [1.165, 1.54) is 18.3 Å². The molecule has 11 heteroatoms. The van der Waals surface area contributed by atoms with Crippen molar-refractivity contribution in [2.24, 2.45) is 0 Å². The van der Waals surface area contributed by atoms with Gasteiger partial charge in [0.1, 0.15) is 5.75 Å². The first-order valence-corrected chi connectivity index (χ1v) is 7.55. The van der Waals surface area contributed by atoms with Gasteiger partial charge in [-0.15, -0.1) is 0 Å². The number of halogens is 4. The number of hydrogen-bond acceptors (Lipinski definition) is 6. The molecule has 0 spiro atoms. The first-order chi connectivity index (χ1) is 12.7. The largest absolute Gasteiger partial charge is 0.488 e. The average Bonchev–Trinajstić information content (AvgIpc) is 2.61. The summed E-state index contributed by atoms with van der Waals surface area (Å²) < 4.78 is 56.0. The van der Waals surface area contributed by atoms with Crippen molar-refractivity contribution in [2.45, 2.75) is 12.5 Å². The SMILES string of the molecule is Nc1cnnc2cc(-c3cc(B(O)O)ccc3OC(F)(F)C(F)F)ccc12. The van der Waals surface area contributed by atoms with Gasteiger partial charge in [-0.25, -0.2) is 0 Å². The molecular formula is C16H12BF4N3O3. The van der Waals surface area contributed by atoms with E-state index in [1.807, 2.05) is 0 Å². The lowest BCUT2D eigenvalue weighted by atomic mass is 9.79. The van der Waals surface area contributed by atoms with Crippen LogP contribution in [-0.4, -0.2) is 39.9 Å². The molecule has 27 heavy (non-hydrogen) atoms. The predicted octanol–water partition coefficient (Wildman–Crippen LogP) is 1.80. The lowest BCUT2D eigenvalue weighted by Gasteiger charge is -2.20. The number of nitrogens with two attached hydrogens (primary N) is 1. The molecule has 0 amide bonds. The van der Waals surface area contributed by atoms with Crippen molar-refractivity contribution in [3.63, 3.8) is 0 Å². The zero-order valence-electron chi connectivity index (χ0n) is 13.5. The summed E-state index contributed by atoms with van der Waals surface area (Å²) in [5.41, 5.74) is 6.59. The second-order valence-electron chi connectivity index (χ2n) is 5.63. The number of ether oxygens (including phenoxy) is 1. The Morgan fingerprint density at radius 3 is 2.52 bits per heavy atom. The van der Waals surface area contributed by atoms with Crippen LogP contribution in [0.15, 0.2) is 42.6 Å². The standard InChI is InChI=1S/C16H12BF4N3O3/c18-15(19)16(20,21)27-14-4-2-9(17(25)26)6-11(14)8-1-3-10-12(22)7-23-24-13(10)5-8/h1-7,15,25-26H,(H2,22,24). The fourth-order valence-electron chi connectivity index (χ4n) is 2.46. The van der Waals surface area contributed by atoms with Gasteiger partial charge in [-0.05, 0) is 29.2 Å². The molecule has 0 bridgehead atoms. The van der Waals surface area contributed by atoms with Crippen molar-refractivity contribution in [3.8, 4) is 16.9 Å². The number of fused-ring (bicyclic) bond motifs is 1. The van der Waals surface area contributed by atoms with Crippen molar-refractivity contribution in [1.82, 2.24) is 10.2 Å². The Balaban J connectivity index is 2.16. The van der Waals surface area contributed by atoms with Gasteiger partial charge in [-0.1, -0.05) is 18.2 Å².